The average molecular weight is 401 g/mol. The summed E-state index contributed by atoms with van der Waals surface area (Å²) in [6.07, 6.45) is 1.90. The Morgan fingerprint density at radius 2 is 1.80 bits per heavy atom. The number of carbonyl (C=O) groups is 1. The molecule has 0 N–H and O–H groups in total. The number of amides is 1. The van der Waals surface area contributed by atoms with Crippen LogP contribution in [0.1, 0.15) is 24.0 Å². The second-order valence-corrected chi connectivity index (χ2v) is 8.11. The lowest BCUT2D eigenvalue weighted by molar-refractivity contribution is -0.135. The first-order chi connectivity index (χ1) is 14.6. The van der Waals surface area contributed by atoms with Gasteiger partial charge in [0.2, 0.25) is 5.91 Å². The van der Waals surface area contributed by atoms with Crippen LogP contribution in [0.5, 0.6) is 0 Å². The van der Waals surface area contributed by atoms with Gasteiger partial charge in [-0.25, -0.2) is 0 Å². The Hall–Kier alpha value is -3.21. The van der Waals surface area contributed by atoms with Gasteiger partial charge >= 0.3 is 0 Å². The van der Waals surface area contributed by atoms with Crippen LogP contribution in [0.4, 0.5) is 5.82 Å². The summed E-state index contributed by atoms with van der Waals surface area (Å²) in [4.78, 5) is 17.0. The molecule has 1 aliphatic rings. The molecule has 1 amide bonds. The molecular weight excluding hydrogens is 372 g/mol. The maximum absolute atomic E-state index is 13.0. The monoisotopic (exact) mass is 400 g/mol. The zero-order chi connectivity index (χ0) is 20.9. The number of hydrogen-bond acceptors (Lipinski definition) is 4. The Morgan fingerprint density at radius 1 is 1.03 bits per heavy atom. The summed E-state index contributed by atoms with van der Waals surface area (Å²) >= 11 is 0. The van der Waals surface area contributed by atoms with Crippen molar-refractivity contribution >= 4 is 11.7 Å². The van der Waals surface area contributed by atoms with Crippen molar-refractivity contribution in [2.75, 3.05) is 25.0 Å². The third kappa shape index (κ3) is 4.67. The summed E-state index contributed by atoms with van der Waals surface area (Å²) in [6.45, 7) is 4.31. The van der Waals surface area contributed by atoms with Crippen LogP contribution in [-0.2, 0) is 11.3 Å². The van der Waals surface area contributed by atoms with Crippen LogP contribution in [0.15, 0.2) is 66.7 Å². The number of piperidine rings is 1. The van der Waals surface area contributed by atoms with E-state index in [0.29, 0.717) is 13.1 Å². The van der Waals surface area contributed by atoms with Crippen molar-refractivity contribution in [1.82, 2.24) is 15.1 Å². The van der Waals surface area contributed by atoms with E-state index in [1.165, 1.54) is 5.56 Å². The second kappa shape index (κ2) is 9.08. The molecule has 0 saturated carbocycles. The molecule has 5 heteroatoms. The van der Waals surface area contributed by atoms with Crippen molar-refractivity contribution in [2.24, 2.45) is 5.92 Å². The molecular formula is C25H28N4O. The number of hydrogen-bond donors (Lipinski definition) is 0. The van der Waals surface area contributed by atoms with E-state index < -0.39 is 0 Å². The Morgan fingerprint density at radius 3 is 2.50 bits per heavy atom. The summed E-state index contributed by atoms with van der Waals surface area (Å²) in [5.74, 6) is 1.04. The number of benzene rings is 2. The van der Waals surface area contributed by atoms with E-state index in [1.54, 1.807) is 0 Å². The molecule has 30 heavy (non-hydrogen) atoms. The number of rotatable bonds is 5. The van der Waals surface area contributed by atoms with Crippen LogP contribution in [0, 0.1) is 12.8 Å². The van der Waals surface area contributed by atoms with E-state index in [2.05, 4.69) is 58.4 Å². The third-order valence-electron chi connectivity index (χ3n) is 5.73. The van der Waals surface area contributed by atoms with Crippen LogP contribution < -0.4 is 4.90 Å². The molecule has 2 heterocycles. The van der Waals surface area contributed by atoms with Gasteiger partial charge in [-0.3, -0.25) is 4.79 Å². The molecule has 1 fully saturated rings. The van der Waals surface area contributed by atoms with E-state index >= 15 is 0 Å². The minimum atomic E-state index is -0.00830. The molecule has 4 rings (SSSR count). The lowest BCUT2D eigenvalue weighted by Gasteiger charge is -2.34. The van der Waals surface area contributed by atoms with Gasteiger partial charge in [-0.2, -0.15) is 0 Å². The first kappa shape index (κ1) is 20.1. The summed E-state index contributed by atoms with van der Waals surface area (Å²) < 4.78 is 0. The molecule has 1 aliphatic heterocycles. The predicted molar refractivity (Wildman–Crippen MR) is 120 cm³/mol. The van der Waals surface area contributed by atoms with Gasteiger partial charge in [-0.05, 0) is 37.5 Å². The highest BCUT2D eigenvalue weighted by Gasteiger charge is 2.28. The van der Waals surface area contributed by atoms with Gasteiger partial charge in [0, 0.05) is 32.2 Å². The number of aryl methyl sites for hydroxylation is 1. The smallest absolute Gasteiger partial charge is 0.227 e. The standard InChI is InChI=1S/C25H28N4O/c1-19-10-12-21(13-11-19)23-14-15-24(27-26-23)29-16-6-9-22(18-29)25(30)28(2)17-20-7-4-3-5-8-20/h3-5,7-8,10-15,22H,6,9,16-18H2,1-2H3. The zero-order valence-electron chi connectivity index (χ0n) is 17.7. The topological polar surface area (TPSA) is 49.3 Å². The highest BCUT2D eigenvalue weighted by atomic mass is 16.2. The molecule has 2 aromatic carbocycles. The quantitative estimate of drug-likeness (QED) is 0.640. The van der Waals surface area contributed by atoms with Gasteiger partial charge in [-0.15, -0.1) is 10.2 Å². The Kier molecular flexibility index (Phi) is 6.07. The van der Waals surface area contributed by atoms with Crippen molar-refractivity contribution in [2.45, 2.75) is 26.3 Å². The van der Waals surface area contributed by atoms with E-state index in [1.807, 2.05) is 42.3 Å². The Balaban J connectivity index is 1.40. The Bertz CT molecular complexity index is 970. The lowest BCUT2D eigenvalue weighted by Crippen LogP contribution is -2.43. The van der Waals surface area contributed by atoms with E-state index in [4.69, 9.17) is 0 Å². The van der Waals surface area contributed by atoms with Crippen LogP contribution in [0.25, 0.3) is 11.3 Å². The predicted octanol–water partition coefficient (Wildman–Crippen LogP) is 4.33. The highest BCUT2D eigenvalue weighted by molar-refractivity contribution is 5.79. The molecule has 1 aromatic heterocycles. The lowest BCUT2D eigenvalue weighted by atomic mass is 9.96. The SMILES string of the molecule is Cc1ccc(-c2ccc(N3CCCC(C(=O)N(C)Cc4ccccc4)C3)nn2)cc1. The fourth-order valence-electron chi connectivity index (χ4n) is 4.01. The summed E-state index contributed by atoms with van der Waals surface area (Å²) in [7, 11) is 1.89. The fraction of sp³-hybridized carbons (Fsp3) is 0.320. The van der Waals surface area contributed by atoms with Gasteiger partial charge in [0.25, 0.3) is 0 Å². The van der Waals surface area contributed by atoms with Gasteiger partial charge in [0.1, 0.15) is 0 Å². The number of anilines is 1. The van der Waals surface area contributed by atoms with Crippen molar-refractivity contribution in [3.8, 4) is 11.3 Å². The zero-order valence-corrected chi connectivity index (χ0v) is 17.7. The van der Waals surface area contributed by atoms with E-state index in [9.17, 15) is 4.79 Å². The van der Waals surface area contributed by atoms with Gasteiger partial charge < -0.3 is 9.80 Å². The van der Waals surface area contributed by atoms with Gasteiger partial charge in [-0.1, -0.05) is 60.2 Å². The number of nitrogens with zero attached hydrogens (tertiary/aromatic N) is 4. The minimum absolute atomic E-state index is 0.00830. The molecule has 1 unspecified atom stereocenters. The molecule has 1 saturated heterocycles. The van der Waals surface area contributed by atoms with Gasteiger partial charge in [0.15, 0.2) is 5.82 Å². The van der Waals surface area contributed by atoms with E-state index in [0.717, 1.165) is 42.0 Å². The molecule has 5 nitrogen and oxygen atoms in total. The number of aromatic nitrogens is 2. The van der Waals surface area contributed by atoms with Crippen LogP contribution in [-0.4, -0.2) is 41.1 Å². The average Bonchev–Trinajstić information content (AvgIpc) is 2.80. The number of carbonyl (C=O) groups excluding carboxylic acids is 1. The van der Waals surface area contributed by atoms with Crippen LogP contribution in [0.3, 0.4) is 0 Å². The maximum Gasteiger partial charge on any atom is 0.227 e. The maximum atomic E-state index is 13.0. The van der Waals surface area contributed by atoms with Gasteiger partial charge in [0.05, 0.1) is 11.6 Å². The summed E-state index contributed by atoms with van der Waals surface area (Å²) in [5.41, 5.74) is 4.31. The molecule has 0 spiro atoms. The summed E-state index contributed by atoms with van der Waals surface area (Å²) in [5, 5.41) is 8.89. The molecule has 0 bridgehead atoms. The Labute approximate surface area is 178 Å². The molecule has 0 radical (unpaired) electrons. The van der Waals surface area contributed by atoms with Crippen molar-refractivity contribution < 1.29 is 4.79 Å². The van der Waals surface area contributed by atoms with Crippen molar-refractivity contribution in [3.05, 3.63) is 77.9 Å². The highest BCUT2D eigenvalue weighted by Crippen LogP contribution is 2.25. The van der Waals surface area contributed by atoms with Crippen LogP contribution >= 0.6 is 0 Å². The molecule has 1 atom stereocenters. The largest absolute Gasteiger partial charge is 0.354 e. The first-order valence-electron chi connectivity index (χ1n) is 10.5. The third-order valence-corrected chi connectivity index (χ3v) is 5.73. The second-order valence-electron chi connectivity index (χ2n) is 8.11. The van der Waals surface area contributed by atoms with Crippen LogP contribution in [0.2, 0.25) is 0 Å². The molecule has 3 aromatic rings. The molecule has 0 aliphatic carbocycles. The summed E-state index contributed by atoms with van der Waals surface area (Å²) in [6, 6.07) is 22.5. The minimum Gasteiger partial charge on any atom is -0.354 e. The van der Waals surface area contributed by atoms with E-state index in [-0.39, 0.29) is 11.8 Å². The first-order valence-corrected chi connectivity index (χ1v) is 10.5. The van der Waals surface area contributed by atoms with Crippen molar-refractivity contribution in [3.63, 3.8) is 0 Å². The normalized spacial score (nSPS) is 16.3. The molecule has 154 valence electrons. The fourth-order valence-corrected chi connectivity index (χ4v) is 4.01. The van der Waals surface area contributed by atoms with Crippen molar-refractivity contribution in [1.29, 1.82) is 0 Å².